The summed E-state index contributed by atoms with van der Waals surface area (Å²) in [6.45, 7) is -3.37. The van der Waals surface area contributed by atoms with Crippen LogP contribution in [0.4, 0.5) is 22.0 Å². The Labute approximate surface area is 130 Å². The predicted octanol–water partition coefficient (Wildman–Crippen LogP) is 0.531. The Kier molecular flexibility index (Phi) is 5.11. The van der Waals surface area contributed by atoms with Crippen LogP contribution in [-0.2, 0) is 16.1 Å². The summed E-state index contributed by atoms with van der Waals surface area (Å²) in [5.41, 5.74) is -2.43. The molecule has 0 saturated carbocycles. The third-order valence-electron chi connectivity index (χ3n) is 3.28. The molecule has 2 atom stereocenters. The van der Waals surface area contributed by atoms with Gasteiger partial charge in [-0.05, 0) is 0 Å². The van der Waals surface area contributed by atoms with Crippen molar-refractivity contribution in [2.45, 2.75) is 37.5 Å². The third-order valence-corrected chi connectivity index (χ3v) is 3.28. The number of aromatic nitrogens is 2. The zero-order chi connectivity index (χ0) is 18.1. The van der Waals surface area contributed by atoms with Crippen molar-refractivity contribution in [3.8, 4) is 0 Å². The second-order valence-electron chi connectivity index (χ2n) is 5.16. The minimum atomic E-state index is -4.60. The van der Waals surface area contributed by atoms with Crippen molar-refractivity contribution in [3.63, 3.8) is 0 Å². The molecule has 1 fully saturated rings. The van der Waals surface area contributed by atoms with Gasteiger partial charge < -0.3 is 14.6 Å². The van der Waals surface area contributed by atoms with Gasteiger partial charge in [-0.3, -0.25) is 14.3 Å². The summed E-state index contributed by atoms with van der Waals surface area (Å²) < 4.78 is 73.0. The minimum Gasteiger partial charge on any atom is -0.393 e. The maximum Gasteiger partial charge on any atom is 0.411 e. The molecule has 0 radical (unpaired) electrons. The summed E-state index contributed by atoms with van der Waals surface area (Å²) in [6.07, 6.45) is -8.05. The molecule has 136 valence electrons. The van der Waals surface area contributed by atoms with Gasteiger partial charge in [0, 0.05) is 6.20 Å². The summed E-state index contributed by atoms with van der Waals surface area (Å²) in [6, 6.07) is 0. The first-order valence-electron chi connectivity index (χ1n) is 6.66. The average Bonchev–Trinajstić information content (AvgIpc) is 2.74. The number of halogens is 5. The summed E-state index contributed by atoms with van der Waals surface area (Å²) in [4.78, 5) is 25.1. The van der Waals surface area contributed by atoms with Crippen molar-refractivity contribution in [2.24, 2.45) is 0 Å². The van der Waals surface area contributed by atoms with E-state index < -0.39 is 61.9 Å². The number of rotatable bonds is 5. The van der Waals surface area contributed by atoms with Crippen molar-refractivity contribution in [2.75, 3.05) is 13.2 Å². The largest absolute Gasteiger partial charge is 0.411 e. The molecular weight excluding hydrogens is 347 g/mol. The van der Waals surface area contributed by atoms with E-state index >= 15 is 0 Å². The highest BCUT2D eigenvalue weighted by Gasteiger charge is 2.50. The standard InChI is InChI=1S/C12H13F5N2O5/c13-11(14)1-8(24-7(11)3-20)19-2-6(9(21)18-10(19)22)4-23-5-12(15,16)17/h2,7-8,20H,1,3-5H2,(H,18,21,22). The lowest BCUT2D eigenvalue weighted by Gasteiger charge is -2.15. The summed E-state index contributed by atoms with van der Waals surface area (Å²) in [5.74, 6) is -3.40. The highest BCUT2D eigenvalue weighted by Crippen LogP contribution is 2.39. The van der Waals surface area contributed by atoms with Crippen LogP contribution in [0.2, 0.25) is 0 Å². The number of hydrogen-bond donors (Lipinski definition) is 2. The topological polar surface area (TPSA) is 93.6 Å². The Balaban J connectivity index is 2.21. The van der Waals surface area contributed by atoms with Crippen LogP contribution in [0.3, 0.4) is 0 Å². The molecular formula is C12H13F5N2O5. The summed E-state index contributed by atoms with van der Waals surface area (Å²) >= 11 is 0. The van der Waals surface area contributed by atoms with Gasteiger partial charge in [-0.25, -0.2) is 13.6 Å². The molecule has 2 rings (SSSR count). The van der Waals surface area contributed by atoms with E-state index in [9.17, 15) is 31.5 Å². The molecule has 0 amide bonds. The van der Waals surface area contributed by atoms with Crippen molar-refractivity contribution >= 4 is 0 Å². The number of nitrogens with zero attached hydrogens (tertiary/aromatic N) is 1. The van der Waals surface area contributed by atoms with Crippen LogP contribution >= 0.6 is 0 Å². The van der Waals surface area contributed by atoms with Crippen molar-refractivity contribution < 1.29 is 36.5 Å². The molecule has 0 aliphatic carbocycles. The van der Waals surface area contributed by atoms with Crippen molar-refractivity contribution in [1.29, 1.82) is 0 Å². The SMILES string of the molecule is O=c1[nH]c(=O)n(C2CC(F)(F)C(CO)O2)cc1COCC(F)(F)F. The molecule has 2 N–H and O–H groups in total. The maximum atomic E-state index is 13.6. The number of aliphatic hydroxyl groups excluding tert-OH is 1. The fraction of sp³-hybridized carbons (Fsp3) is 0.667. The van der Waals surface area contributed by atoms with Crippen molar-refractivity contribution in [3.05, 3.63) is 32.6 Å². The van der Waals surface area contributed by atoms with Gasteiger partial charge in [0.1, 0.15) is 18.9 Å². The van der Waals surface area contributed by atoms with Gasteiger partial charge in [-0.1, -0.05) is 0 Å². The fourth-order valence-electron chi connectivity index (χ4n) is 2.16. The number of H-pyrrole nitrogens is 1. The zero-order valence-corrected chi connectivity index (χ0v) is 12.0. The molecule has 1 aliphatic heterocycles. The van der Waals surface area contributed by atoms with Gasteiger partial charge >= 0.3 is 11.9 Å². The quantitative estimate of drug-likeness (QED) is 0.748. The second kappa shape index (κ2) is 6.61. The van der Waals surface area contributed by atoms with Crippen LogP contribution in [0, 0.1) is 0 Å². The van der Waals surface area contributed by atoms with E-state index in [1.54, 1.807) is 4.98 Å². The Bertz CT molecular complexity index is 698. The lowest BCUT2D eigenvalue weighted by atomic mass is 10.1. The molecule has 7 nitrogen and oxygen atoms in total. The van der Waals surface area contributed by atoms with Gasteiger partial charge in [0.15, 0.2) is 0 Å². The van der Waals surface area contributed by atoms with E-state index in [1.165, 1.54) is 0 Å². The Morgan fingerprint density at radius 3 is 2.62 bits per heavy atom. The van der Waals surface area contributed by atoms with Gasteiger partial charge in [-0.15, -0.1) is 0 Å². The predicted molar refractivity (Wildman–Crippen MR) is 67.6 cm³/mol. The minimum absolute atomic E-state index is 0.363. The summed E-state index contributed by atoms with van der Waals surface area (Å²) in [7, 11) is 0. The molecule has 0 spiro atoms. The van der Waals surface area contributed by atoms with Crippen LogP contribution in [0.15, 0.2) is 15.8 Å². The zero-order valence-electron chi connectivity index (χ0n) is 12.0. The van der Waals surface area contributed by atoms with Gasteiger partial charge in [0.05, 0.1) is 25.2 Å². The number of aliphatic hydroxyl groups is 1. The molecule has 2 heterocycles. The Morgan fingerprint density at radius 2 is 2.08 bits per heavy atom. The molecule has 0 aromatic carbocycles. The maximum absolute atomic E-state index is 13.6. The second-order valence-corrected chi connectivity index (χ2v) is 5.16. The van der Waals surface area contributed by atoms with E-state index in [4.69, 9.17) is 9.84 Å². The third kappa shape index (κ3) is 4.19. The molecule has 0 bridgehead atoms. The molecule has 1 aromatic heterocycles. The van der Waals surface area contributed by atoms with Gasteiger partial charge in [-0.2, -0.15) is 13.2 Å². The van der Waals surface area contributed by atoms with E-state index in [1.807, 2.05) is 0 Å². The monoisotopic (exact) mass is 360 g/mol. The van der Waals surface area contributed by atoms with Gasteiger partial charge in [0.2, 0.25) is 0 Å². The smallest absolute Gasteiger partial charge is 0.393 e. The van der Waals surface area contributed by atoms with Crippen LogP contribution in [-0.4, -0.2) is 46.1 Å². The number of ether oxygens (including phenoxy) is 2. The molecule has 1 saturated heterocycles. The number of aromatic amines is 1. The first-order chi connectivity index (χ1) is 11.0. The van der Waals surface area contributed by atoms with E-state index in [0.717, 1.165) is 6.20 Å². The number of alkyl halides is 5. The molecule has 24 heavy (non-hydrogen) atoms. The van der Waals surface area contributed by atoms with E-state index in [2.05, 4.69) is 4.74 Å². The van der Waals surface area contributed by atoms with Crippen LogP contribution in [0.5, 0.6) is 0 Å². The lowest BCUT2D eigenvalue weighted by molar-refractivity contribution is -0.176. The fourth-order valence-corrected chi connectivity index (χ4v) is 2.16. The summed E-state index contributed by atoms with van der Waals surface area (Å²) in [5, 5.41) is 8.85. The lowest BCUT2D eigenvalue weighted by Crippen LogP contribution is -2.34. The van der Waals surface area contributed by atoms with Crippen LogP contribution < -0.4 is 11.2 Å². The Hall–Kier alpha value is -1.79. The van der Waals surface area contributed by atoms with Crippen LogP contribution in [0.25, 0.3) is 0 Å². The highest BCUT2D eigenvalue weighted by atomic mass is 19.4. The highest BCUT2D eigenvalue weighted by molar-refractivity contribution is 5.04. The first-order valence-corrected chi connectivity index (χ1v) is 6.66. The van der Waals surface area contributed by atoms with Gasteiger partial charge in [0.25, 0.3) is 11.5 Å². The normalized spacial score (nSPS) is 23.6. The number of hydrogen-bond acceptors (Lipinski definition) is 5. The van der Waals surface area contributed by atoms with E-state index in [-0.39, 0.29) is 5.56 Å². The molecule has 1 aliphatic rings. The molecule has 1 aromatic rings. The number of nitrogens with one attached hydrogen (secondary N) is 1. The first kappa shape index (κ1) is 18.5. The van der Waals surface area contributed by atoms with Crippen molar-refractivity contribution in [1.82, 2.24) is 9.55 Å². The molecule has 12 heteroatoms. The average molecular weight is 360 g/mol. The van der Waals surface area contributed by atoms with E-state index in [0.29, 0.717) is 4.57 Å². The molecule has 2 unspecified atom stereocenters. The van der Waals surface area contributed by atoms with Crippen LogP contribution in [0.1, 0.15) is 18.2 Å². The Morgan fingerprint density at radius 1 is 1.42 bits per heavy atom.